The Kier molecular flexibility index (Phi) is 5.80. The standard InChI is InChI=1S/C21H30O4.V/c1-12(2)14-11-13-7-8-15-20(3,4)9-6-10-21(15,19(24)25-5)16(13)18(23)17(14)22;/h11-12,15,22-23H,6-10H2,1-5H3;/t15?,21-;/m1./s1. The van der Waals surface area contributed by atoms with Crippen LogP contribution in [-0.2, 0) is 39.9 Å². The fraction of sp³-hybridized carbons (Fsp3) is 0.667. The Morgan fingerprint density at radius 2 is 1.88 bits per heavy atom. The minimum Gasteiger partial charge on any atom is -0.504 e. The van der Waals surface area contributed by atoms with Crippen molar-refractivity contribution in [3.8, 4) is 11.5 Å². The van der Waals surface area contributed by atoms with Gasteiger partial charge in [0.05, 0.1) is 7.11 Å². The molecule has 0 amide bonds. The molecule has 0 heterocycles. The summed E-state index contributed by atoms with van der Waals surface area (Å²) in [4.78, 5) is 13.0. The van der Waals surface area contributed by atoms with Gasteiger partial charge in [0.25, 0.3) is 0 Å². The molecule has 1 aromatic rings. The summed E-state index contributed by atoms with van der Waals surface area (Å²) in [5, 5.41) is 21.5. The first kappa shape index (κ1) is 21.2. The van der Waals surface area contributed by atoms with Crippen LogP contribution in [0.3, 0.4) is 0 Å². The van der Waals surface area contributed by atoms with E-state index in [-0.39, 0.29) is 53.3 Å². The molecule has 3 rings (SSSR count). The van der Waals surface area contributed by atoms with Crippen LogP contribution in [0.1, 0.15) is 76.0 Å². The fourth-order valence-corrected chi connectivity index (χ4v) is 5.47. The molecule has 2 atom stereocenters. The predicted octanol–water partition coefficient (Wildman–Crippen LogP) is 4.40. The molecule has 5 heteroatoms. The van der Waals surface area contributed by atoms with Crippen molar-refractivity contribution in [3.63, 3.8) is 0 Å². The summed E-state index contributed by atoms with van der Waals surface area (Å²) >= 11 is 0. The number of aromatic hydroxyl groups is 2. The Balaban J connectivity index is 0.00000243. The van der Waals surface area contributed by atoms with Gasteiger partial charge in [-0.25, -0.2) is 0 Å². The smallest absolute Gasteiger partial charge is 0.316 e. The van der Waals surface area contributed by atoms with E-state index < -0.39 is 5.41 Å². The Hall–Kier alpha value is -1.13. The summed E-state index contributed by atoms with van der Waals surface area (Å²) in [5.41, 5.74) is 1.47. The second-order valence-corrected chi connectivity index (χ2v) is 8.75. The molecule has 2 aliphatic carbocycles. The zero-order valence-corrected chi connectivity index (χ0v) is 17.8. The third-order valence-corrected chi connectivity index (χ3v) is 6.64. The number of phenols is 2. The van der Waals surface area contributed by atoms with Crippen LogP contribution in [-0.4, -0.2) is 23.3 Å². The summed E-state index contributed by atoms with van der Waals surface area (Å²) in [6.07, 6.45) is 4.34. The Morgan fingerprint density at radius 1 is 1.23 bits per heavy atom. The van der Waals surface area contributed by atoms with Gasteiger partial charge in [0.1, 0.15) is 5.41 Å². The molecule has 2 N–H and O–H groups in total. The molecule has 0 aliphatic heterocycles. The van der Waals surface area contributed by atoms with Crippen LogP contribution in [0.4, 0.5) is 0 Å². The summed E-state index contributed by atoms with van der Waals surface area (Å²) in [6.45, 7) is 8.40. The van der Waals surface area contributed by atoms with Crippen LogP contribution in [0.2, 0.25) is 0 Å². The number of ether oxygens (including phenoxy) is 1. The van der Waals surface area contributed by atoms with Crippen LogP contribution in [0.5, 0.6) is 11.5 Å². The summed E-state index contributed by atoms with van der Waals surface area (Å²) in [6, 6.07) is 1.98. The van der Waals surface area contributed by atoms with Gasteiger partial charge in [-0.15, -0.1) is 0 Å². The van der Waals surface area contributed by atoms with Gasteiger partial charge < -0.3 is 14.9 Å². The summed E-state index contributed by atoms with van der Waals surface area (Å²) < 4.78 is 5.24. The number of benzene rings is 1. The molecular weight excluding hydrogens is 367 g/mol. The predicted molar refractivity (Wildman–Crippen MR) is 97.0 cm³/mol. The third kappa shape index (κ3) is 2.86. The topological polar surface area (TPSA) is 66.8 Å². The number of phenolic OH excluding ortho intramolecular Hbond substituents is 2. The van der Waals surface area contributed by atoms with E-state index in [0.717, 1.165) is 36.8 Å². The minimum absolute atomic E-state index is 0. The van der Waals surface area contributed by atoms with Gasteiger partial charge in [-0.3, -0.25) is 4.79 Å². The van der Waals surface area contributed by atoms with E-state index >= 15 is 0 Å². The van der Waals surface area contributed by atoms with E-state index in [9.17, 15) is 15.0 Å². The quantitative estimate of drug-likeness (QED) is 0.573. The summed E-state index contributed by atoms with van der Waals surface area (Å²) in [5.74, 6) is -0.275. The van der Waals surface area contributed by atoms with Crippen molar-refractivity contribution in [1.82, 2.24) is 0 Å². The van der Waals surface area contributed by atoms with E-state index in [2.05, 4.69) is 13.8 Å². The molecule has 4 nitrogen and oxygen atoms in total. The Morgan fingerprint density at radius 3 is 2.46 bits per heavy atom. The number of esters is 1. The van der Waals surface area contributed by atoms with Gasteiger partial charge in [0, 0.05) is 29.7 Å². The van der Waals surface area contributed by atoms with Crippen molar-refractivity contribution in [2.75, 3.05) is 7.11 Å². The van der Waals surface area contributed by atoms with E-state index in [0.29, 0.717) is 12.0 Å². The summed E-state index contributed by atoms with van der Waals surface area (Å²) in [7, 11) is 1.42. The maximum absolute atomic E-state index is 13.0. The number of hydrogen-bond acceptors (Lipinski definition) is 4. The second-order valence-electron chi connectivity index (χ2n) is 8.75. The number of rotatable bonds is 2. The second kappa shape index (κ2) is 7.12. The van der Waals surface area contributed by atoms with E-state index in [1.54, 1.807) is 0 Å². The van der Waals surface area contributed by atoms with Crippen molar-refractivity contribution in [3.05, 3.63) is 22.8 Å². The number of aryl methyl sites for hydroxylation is 1. The minimum atomic E-state index is -0.860. The van der Waals surface area contributed by atoms with Crippen LogP contribution in [0, 0.1) is 11.3 Å². The molecule has 143 valence electrons. The number of hydrogen-bond donors (Lipinski definition) is 2. The van der Waals surface area contributed by atoms with Gasteiger partial charge >= 0.3 is 5.97 Å². The van der Waals surface area contributed by atoms with Gasteiger partial charge in [-0.1, -0.05) is 40.2 Å². The first-order chi connectivity index (χ1) is 11.7. The number of carbonyl (C=O) groups is 1. The number of carbonyl (C=O) groups excluding carboxylic acids is 1. The first-order valence-electron chi connectivity index (χ1n) is 9.33. The normalized spacial score (nSPS) is 26.5. The van der Waals surface area contributed by atoms with Crippen molar-refractivity contribution in [1.29, 1.82) is 0 Å². The molecule has 0 bridgehead atoms. The van der Waals surface area contributed by atoms with Crippen molar-refractivity contribution in [2.24, 2.45) is 11.3 Å². The Labute approximate surface area is 168 Å². The molecule has 2 aliphatic rings. The van der Waals surface area contributed by atoms with Crippen molar-refractivity contribution >= 4 is 5.97 Å². The molecule has 1 unspecified atom stereocenters. The monoisotopic (exact) mass is 397 g/mol. The third-order valence-electron chi connectivity index (χ3n) is 6.64. The number of fused-ring (bicyclic) bond motifs is 3. The van der Waals surface area contributed by atoms with E-state index in [1.807, 2.05) is 19.9 Å². The van der Waals surface area contributed by atoms with E-state index in [4.69, 9.17) is 4.74 Å². The van der Waals surface area contributed by atoms with Crippen LogP contribution in [0.25, 0.3) is 0 Å². The number of methoxy groups -OCH3 is 1. The molecule has 0 spiro atoms. The van der Waals surface area contributed by atoms with Gasteiger partial charge in [0.2, 0.25) is 0 Å². The fourth-order valence-electron chi connectivity index (χ4n) is 5.47. The molecule has 1 fully saturated rings. The van der Waals surface area contributed by atoms with Gasteiger partial charge in [-0.05, 0) is 48.5 Å². The maximum Gasteiger partial charge on any atom is 0.316 e. The Bertz CT molecular complexity index is 710. The molecule has 1 aromatic carbocycles. The average Bonchev–Trinajstić information content (AvgIpc) is 2.55. The molecular formula is C21H30O4V. The maximum atomic E-state index is 13.0. The first-order valence-corrected chi connectivity index (χ1v) is 9.33. The zero-order chi connectivity index (χ0) is 18.6. The van der Waals surface area contributed by atoms with Crippen LogP contribution < -0.4 is 0 Å². The largest absolute Gasteiger partial charge is 0.504 e. The SMILES string of the molecule is COC(=O)[C@]12CCCC(C)(C)C1CCc1cc(C(C)C)c(O)c(O)c12.[V]. The molecule has 26 heavy (non-hydrogen) atoms. The molecule has 0 saturated heterocycles. The molecule has 0 aromatic heterocycles. The zero-order valence-electron chi connectivity index (χ0n) is 16.4. The van der Waals surface area contributed by atoms with Gasteiger partial charge in [0.15, 0.2) is 11.5 Å². The van der Waals surface area contributed by atoms with Crippen LogP contribution >= 0.6 is 0 Å². The van der Waals surface area contributed by atoms with Crippen molar-refractivity contribution < 1.29 is 38.3 Å². The average molecular weight is 397 g/mol. The van der Waals surface area contributed by atoms with E-state index in [1.165, 1.54) is 7.11 Å². The molecule has 1 radical (unpaired) electrons. The van der Waals surface area contributed by atoms with Crippen molar-refractivity contribution in [2.45, 2.75) is 71.1 Å². The van der Waals surface area contributed by atoms with Gasteiger partial charge in [-0.2, -0.15) is 0 Å². The van der Waals surface area contributed by atoms with Crippen LogP contribution in [0.15, 0.2) is 6.07 Å². The molecule has 1 saturated carbocycles.